The number of likely N-dealkylation sites (N-methyl/N-ethyl adjacent to an activating group) is 1. The molecule has 0 saturated heterocycles. The van der Waals surface area contributed by atoms with Gasteiger partial charge in [0.2, 0.25) is 0 Å². The van der Waals surface area contributed by atoms with Crippen molar-refractivity contribution in [2.24, 2.45) is 5.73 Å². The molecule has 0 amide bonds. The summed E-state index contributed by atoms with van der Waals surface area (Å²) in [6.45, 7) is 3.43. The van der Waals surface area contributed by atoms with Crippen molar-refractivity contribution in [1.29, 1.82) is 0 Å². The van der Waals surface area contributed by atoms with Crippen LogP contribution in [0.25, 0.3) is 0 Å². The SMILES string of the molecule is COc1cc(C)c(CN(C)CC(N)CO)cc1OC. The van der Waals surface area contributed by atoms with Crippen LogP contribution in [-0.4, -0.2) is 50.5 Å². The Labute approximate surface area is 114 Å². The van der Waals surface area contributed by atoms with Gasteiger partial charge in [0.15, 0.2) is 11.5 Å². The van der Waals surface area contributed by atoms with E-state index < -0.39 is 0 Å². The molecule has 1 aromatic rings. The fourth-order valence-electron chi connectivity index (χ4n) is 2.01. The van der Waals surface area contributed by atoms with Gasteiger partial charge in [0, 0.05) is 19.1 Å². The summed E-state index contributed by atoms with van der Waals surface area (Å²) in [6, 6.07) is 3.73. The Hall–Kier alpha value is -1.30. The van der Waals surface area contributed by atoms with E-state index in [9.17, 15) is 0 Å². The number of hydrogen-bond donors (Lipinski definition) is 2. The van der Waals surface area contributed by atoms with Crippen LogP contribution in [0.5, 0.6) is 11.5 Å². The normalized spacial score (nSPS) is 12.6. The lowest BCUT2D eigenvalue weighted by molar-refractivity contribution is 0.218. The summed E-state index contributed by atoms with van der Waals surface area (Å²) in [7, 11) is 5.23. The Morgan fingerprint density at radius 1 is 1.26 bits per heavy atom. The maximum Gasteiger partial charge on any atom is 0.161 e. The summed E-state index contributed by atoms with van der Waals surface area (Å²) >= 11 is 0. The quantitative estimate of drug-likeness (QED) is 0.764. The van der Waals surface area contributed by atoms with Crippen molar-refractivity contribution in [2.75, 3.05) is 34.4 Å². The largest absolute Gasteiger partial charge is 0.493 e. The van der Waals surface area contributed by atoms with Gasteiger partial charge in [0.1, 0.15) is 0 Å². The highest BCUT2D eigenvalue weighted by molar-refractivity contribution is 5.47. The van der Waals surface area contributed by atoms with E-state index >= 15 is 0 Å². The fourth-order valence-corrected chi connectivity index (χ4v) is 2.01. The standard InChI is InChI=1S/C14H24N2O3/c1-10-5-13(18-3)14(19-4)6-11(10)7-16(2)8-12(15)9-17/h5-6,12,17H,7-9,15H2,1-4H3. The number of nitrogens with two attached hydrogens (primary N) is 1. The average molecular weight is 268 g/mol. The van der Waals surface area contributed by atoms with E-state index in [1.165, 1.54) is 0 Å². The molecule has 1 aromatic carbocycles. The number of aryl methyl sites for hydroxylation is 1. The van der Waals surface area contributed by atoms with Crippen molar-refractivity contribution in [3.8, 4) is 11.5 Å². The molecule has 0 saturated carbocycles. The first kappa shape index (κ1) is 15.8. The second kappa shape index (κ2) is 7.33. The number of benzene rings is 1. The maximum absolute atomic E-state index is 8.97. The van der Waals surface area contributed by atoms with Crippen LogP contribution >= 0.6 is 0 Å². The molecule has 0 spiro atoms. The number of aliphatic hydroxyl groups is 1. The van der Waals surface area contributed by atoms with Gasteiger partial charge in [-0.05, 0) is 37.2 Å². The van der Waals surface area contributed by atoms with Crippen LogP contribution in [0.15, 0.2) is 12.1 Å². The summed E-state index contributed by atoms with van der Waals surface area (Å²) < 4.78 is 10.6. The van der Waals surface area contributed by atoms with Crippen molar-refractivity contribution < 1.29 is 14.6 Å². The topological polar surface area (TPSA) is 68.0 Å². The van der Waals surface area contributed by atoms with Gasteiger partial charge in [0.25, 0.3) is 0 Å². The summed E-state index contributed by atoms with van der Waals surface area (Å²) in [4.78, 5) is 2.08. The highest BCUT2D eigenvalue weighted by Crippen LogP contribution is 2.30. The number of nitrogens with zero attached hydrogens (tertiary/aromatic N) is 1. The number of methoxy groups -OCH3 is 2. The van der Waals surface area contributed by atoms with E-state index in [-0.39, 0.29) is 12.6 Å². The molecule has 0 bridgehead atoms. The van der Waals surface area contributed by atoms with Crippen molar-refractivity contribution in [2.45, 2.75) is 19.5 Å². The van der Waals surface area contributed by atoms with Crippen molar-refractivity contribution in [3.63, 3.8) is 0 Å². The summed E-state index contributed by atoms with van der Waals surface area (Å²) in [5.74, 6) is 1.46. The van der Waals surface area contributed by atoms with Crippen LogP contribution in [0.1, 0.15) is 11.1 Å². The van der Waals surface area contributed by atoms with Crippen LogP contribution in [0.2, 0.25) is 0 Å². The monoisotopic (exact) mass is 268 g/mol. The molecule has 0 aliphatic carbocycles. The zero-order valence-electron chi connectivity index (χ0n) is 12.1. The molecule has 5 heteroatoms. The molecule has 0 fully saturated rings. The molecule has 1 unspecified atom stereocenters. The van der Waals surface area contributed by atoms with Crippen LogP contribution in [-0.2, 0) is 6.54 Å². The van der Waals surface area contributed by atoms with Gasteiger partial charge >= 0.3 is 0 Å². The molecule has 0 aromatic heterocycles. The molecule has 0 radical (unpaired) electrons. The fraction of sp³-hybridized carbons (Fsp3) is 0.571. The zero-order valence-corrected chi connectivity index (χ0v) is 12.1. The molecule has 3 N–H and O–H groups in total. The third kappa shape index (κ3) is 4.38. The van der Waals surface area contributed by atoms with Gasteiger partial charge < -0.3 is 25.2 Å². The van der Waals surface area contributed by atoms with E-state index in [2.05, 4.69) is 4.90 Å². The molecule has 19 heavy (non-hydrogen) atoms. The van der Waals surface area contributed by atoms with E-state index in [1.807, 2.05) is 26.1 Å². The molecular weight excluding hydrogens is 244 g/mol. The lowest BCUT2D eigenvalue weighted by Gasteiger charge is -2.21. The third-order valence-electron chi connectivity index (χ3n) is 3.06. The van der Waals surface area contributed by atoms with Gasteiger partial charge in [-0.15, -0.1) is 0 Å². The second-order valence-electron chi connectivity index (χ2n) is 4.77. The molecule has 0 heterocycles. The van der Waals surface area contributed by atoms with E-state index in [0.717, 1.165) is 29.2 Å². The van der Waals surface area contributed by atoms with Crippen molar-refractivity contribution >= 4 is 0 Å². The predicted octanol–water partition coefficient (Wildman–Crippen LogP) is 0.764. The summed E-state index contributed by atoms with van der Waals surface area (Å²) in [5.41, 5.74) is 8.03. The van der Waals surface area contributed by atoms with Crippen molar-refractivity contribution in [3.05, 3.63) is 23.3 Å². The average Bonchev–Trinajstić information content (AvgIpc) is 2.40. The Morgan fingerprint density at radius 3 is 2.37 bits per heavy atom. The minimum atomic E-state index is -0.217. The predicted molar refractivity (Wildman–Crippen MR) is 75.7 cm³/mol. The number of ether oxygens (including phenoxy) is 2. The zero-order chi connectivity index (χ0) is 14.4. The highest BCUT2D eigenvalue weighted by atomic mass is 16.5. The van der Waals surface area contributed by atoms with Gasteiger partial charge in [-0.25, -0.2) is 0 Å². The summed E-state index contributed by atoms with van der Waals surface area (Å²) in [6.07, 6.45) is 0. The first-order chi connectivity index (χ1) is 9.01. The van der Waals surface area contributed by atoms with Crippen LogP contribution in [0.3, 0.4) is 0 Å². The molecule has 1 atom stereocenters. The Morgan fingerprint density at radius 2 is 1.84 bits per heavy atom. The van der Waals surface area contributed by atoms with Gasteiger partial charge in [-0.1, -0.05) is 0 Å². The molecule has 1 rings (SSSR count). The third-order valence-corrected chi connectivity index (χ3v) is 3.06. The minimum absolute atomic E-state index is 0.00471. The molecule has 5 nitrogen and oxygen atoms in total. The van der Waals surface area contributed by atoms with Crippen molar-refractivity contribution in [1.82, 2.24) is 4.90 Å². The number of hydrogen-bond acceptors (Lipinski definition) is 5. The molecular formula is C14H24N2O3. The van der Waals surface area contributed by atoms with Gasteiger partial charge in [-0.2, -0.15) is 0 Å². The first-order valence-corrected chi connectivity index (χ1v) is 6.28. The molecule has 0 aliphatic heterocycles. The first-order valence-electron chi connectivity index (χ1n) is 6.28. The number of aliphatic hydroxyl groups excluding tert-OH is 1. The maximum atomic E-state index is 8.97. The number of rotatable bonds is 7. The molecule has 108 valence electrons. The van der Waals surface area contributed by atoms with Crippen LogP contribution < -0.4 is 15.2 Å². The van der Waals surface area contributed by atoms with Gasteiger partial charge in [0.05, 0.1) is 20.8 Å². The second-order valence-corrected chi connectivity index (χ2v) is 4.77. The Kier molecular flexibility index (Phi) is 6.08. The minimum Gasteiger partial charge on any atom is -0.493 e. The lowest BCUT2D eigenvalue weighted by atomic mass is 10.1. The van der Waals surface area contributed by atoms with Gasteiger partial charge in [-0.3, -0.25) is 0 Å². The van der Waals surface area contributed by atoms with E-state index in [1.54, 1.807) is 14.2 Å². The van der Waals surface area contributed by atoms with Crippen LogP contribution in [0, 0.1) is 6.92 Å². The Bertz CT molecular complexity index is 410. The molecule has 0 aliphatic rings. The summed E-state index contributed by atoms with van der Waals surface area (Å²) in [5, 5.41) is 8.97. The van der Waals surface area contributed by atoms with E-state index in [0.29, 0.717) is 6.54 Å². The van der Waals surface area contributed by atoms with Crippen LogP contribution in [0.4, 0.5) is 0 Å². The van der Waals surface area contributed by atoms with E-state index in [4.69, 9.17) is 20.3 Å². The smallest absolute Gasteiger partial charge is 0.161 e. The Balaban J connectivity index is 2.83. The highest BCUT2D eigenvalue weighted by Gasteiger charge is 2.11. The lowest BCUT2D eigenvalue weighted by Crippen LogP contribution is -2.37.